The summed E-state index contributed by atoms with van der Waals surface area (Å²) >= 11 is 3.02. The lowest BCUT2D eigenvalue weighted by Gasteiger charge is -2.07. The van der Waals surface area contributed by atoms with Crippen molar-refractivity contribution in [2.75, 3.05) is 18.4 Å². The zero-order chi connectivity index (χ0) is 16.4. The van der Waals surface area contributed by atoms with Gasteiger partial charge in [-0.1, -0.05) is 20.9 Å². The van der Waals surface area contributed by atoms with Crippen LogP contribution in [-0.4, -0.2) is 49.7 Å². The van der Waals surface area contributed by atoms with E-state index in [1.807, 2.05) is 0 Å². The van der Waals surface area contributed by atoms with Crippen molar-refractivity contribution < 1.29 is 15.3 Å². The molecule has 5 N–H and O–H groups in total. The first-order valence-electron chi connectivity index (χ1n) is 5.38. The Morgan fingerprint density at radius 1 is 1.62 bits per heavy atom. The Hall–Kier alpha value is -2.51. The molecule has 0 fully saturated rings. The number of hydrazine groups is 1. The molecule has 0 spiro atoms. The number of nitrogens with zero attached hydrogens (tertiary/aromatic N) is 6. The molecule has 0 aromatic rings. The first-order valence-corrected chi connectivity index (χ1v) is 6.50. The highest BCUT2D eigenvalue weighted by molar-refractivity contribution is 9.09. The summed E-state index contributed by atoms with van der Waals surface area (Å²) in [6.45, 7) is 0.561. The molecular weight excluding hydrogens is 356 g/mol. The van der Waals surface area contributed by atoms with Gasteiger partial charge in [-0.2, -0.15) is 5.01 Å². The van der Waals surface area contributed by atoms with Gasteiger partial charge in [0, 0.05) is 5.33 Å². The van der Waals surface area contributed by atoms with Crippen LogP contribution in [0.15, 0.2) is 22.3 Å². The summed E-state index contributed by atoms with van der Waals surface area (Å²) in [7, 11) is 0. The lowest BCUT2D eigenvalue weighted by atomic mass is 10.5. The molecule has 118 valence electrons. The maximum absolute atomic E-state index is 10.0. The fourth-order valence-corrected chi connectivity index (χ4v) is 1.50. The lowest BCUT2D eigenvalue weighted by molar-refractivity contribution is -0.796. The topological polar surface area (TPSA) is 184 Å². The highest BCUT2D eigenvalue weighted by Crippen LogP contribution is 2.07. The van der Waals surface area contributed by atoms with E-state index in [-0.39, 0.29) is 12.4 Å². The summed E-state index contributed by atoms with van der Waals surface area (Å²) in [5, 5.41) is 24.2. The molecule has 0 unspecified atom stereocenters. The standard InChI is InChI=1S/C4H7N3O2.C3H7BrN5O3/c5-4-2-1-3-6(4)7(8)9;4-1-2-8(7-10)3(5)6-9(11)12/h2H,1,3,5H2;1-2H2,(H2,5,6)(H,11,12)/q;+1. The summed E-state index contributed by atoms with van der Waals surface area (Å²) in [6.07, 6.45) is 2.32. The largest absolute Gasteiger partial charge is 0.391 e. The number of nitroso groups, excluding NO2 is 1. The van der Waals surface area contributed by atoms with Gasteiger partial charge in [0.15, 0.2) is 10.9 Å². The van der Waals surface area contributed by atoms with E-state index in [0.717, 1.165) is 10.0 Å². The van der Waals surface area contributed by atoms with Gasteiger partial charge in [0.2, 0.25) is 0 Å². The van der Waals surface area contributed by atoms with E-state index in [2.05, 4.69) is 26.3 Å². The van der Waals surface area contributed by atoms with Crippen molar-refractivity contribution in [2.24, 2.45) is 21.9 Å². The van der Waals surface area contributed by atoms with Crippen molar-refractivity contribution in [2.45, 2.75) is 6.42 Å². The van der Waals surface area contributed by atoms with Crippen molar-refractivity contribution >= 4 is 21.9 Å². The van der Waals surface area contributed by atoms with Gasteiger partial charge in [-0.05, 0) is 12.5 Å². The summed E-state index contributed by atoms with van der Waals surface area (Å²) in [6, 6.07) is 0. The molecule has 0 atom stereocenters. The van der Waals surface area contributed by atoms with Crippen LogP contribution in [0.3, 0.4) is 0 Å². The quantitative estimate of drug-likeness (QED) is 0.143. The highest BCUT2D eigenvalue weighted by atomic mass is 79.9. The van der Waals surface area contributed by atoms with Crippen molar-refractivity contribution in [1.82, 2.24) is 10.0 Å². The summed E-state index contributed by atoms with van der Waals surface area (Å²) in [5.74, 6) is -0.220. The van der Waals surface area contributed by atoms with Crippen LogP contribution in [0.5, 0.6) is 0 Å². The normalized spacial score (nSPS) is 13.9. The third-order valence-corrected chi connectivity index (χ3v) is 2.39. The maximum atomic E-state index is 10.0. The molecule has 14 heteroatoms. The van der Waals surface area contributed by atoms with Crippen LogP contribution in [0.25, 0.3) is 0 Å². The molecule has 1 aliphatic rings. The van der Waals surface area contributed by atoms with Gasteiger partial charge >= 0.3 is 5.03 Å². The van der Waals surface area contributed by atoms with E-state index < -0.39 is 16.0 Å². The average Bonchev–Trinajstić information content (AvgIpc) is 2.82. The van der Waals surface area contributed by atoms with Crippen LogP contribution < -0.4 is 11.5 Å². The number of hydrogen-bond acceptors (Lipinski definition) is 6. The molecule has 0 radical (unpaired) electrons. The van der Waals surface area contributed by atoms with Crippen molar-refractivity contribution in [1.29, 1.82) is 0 Å². The van der Waals surface area contributed by atoms with Crippen LogP contribution in [0.2, 0.25) is 0 Å². The Bertz CT molecular complexity index is 454. The van der Waals surface area contributed by atoms with E-state index in [9.17, 15) is 19.9 Å². The SMILES string of the molecule is N/C(=N\[N+](=O)O)N(CCBr)N=O.NC1=CCCN1[N+](=O)[O-]. The lowest BCUT2D eigenvalue weighted by Crippen LogP contribution is -2.34. The first kappa shape index (κ1) is 18.5. The molecule has 1 heterocycles. The summed E-state index contributed by atoms with van der Waals surface area (Å²) in [4.78, 5) is 29.9. The first-order chi connectivity index (χ1) is 9.83. The molecule has 1 rings (SSSR count). The molecule has 0 aromatic carbocycles. The fourth-order valence-electron chi connectivity index (χ4n) is 1.16. The Morgan fingerprint density at radius 2 is 2.24 bits per heavy atom. The van der Waals surface area contributed by atoms with Crippen molar-refractivity contribution in [3.05, 3.63) is 31.8 Å². The molecule has 0 saturated heterocycles. The van der Waals surface area contributed by atoms with E-state index in [0.29, 0.717) is 18.3 Å². The Kier molecular flexibility index (Phi) is 8.28. The third-order valence-electron chi connectivity index (χ3n) is 2.04. The fraction of sp³-hybridized carbons (Fsp3) is 0.571. The van der Waals surface area contributed by atoms with E-state index in [1.165, 1.54) is 0 Å². The second-order valence-electron chi connectivity index (χ2n) is 3.38. The average molecular weight is 370 g/mol. The Labute approximate surface area is 126 Å². The van der Waals surface area contributed by atoms with Gasteiger partial charge in [-0.25, -0.2) is 15.3 Å². The molecular formula is C7H14BrN8O5+. The summed E-state index contributed by atoms with van der Waals surface area (Å²) in [5.41, 5.74) is 10.3. The second-order valence-corrected chi connectivity index (χ2v) is 4.18. The number of hydrogen-bond donors (Lipinski definition) is 3. The van der Waals surface area contributed by atoms with E-state index >= 15 is 0 Å². The predicted octanol–water partition coefficient (Wildman–Crippen LogP) is -0.554. The van der Waals surface area contributed by atoms with Crippen LogP contribution in [-0.2, 0) is 0 Å². The van der Waals surface area contributed by atoms with Crippen molar-refractivity contribution in [3.63, 3.8) is 0 Å². The number of hydrazone groups is 1. The molecule has 0 aliphatic carbocycles. The van der Waals surface area contributed by atoms with Crippen LogP contribution in [0.4, 0.5) is 0 Å². The number of halogens is 1. The molecule has 0 bridgehead atoms. The minimum Gasteiger partial charge on any atom is -0.381 e. The molecule has 13 nitrogen and oxygen atoms in total. The van der Waals surface area contributed by atoms with Crippen LogP contribution in [0, 0.1) is 19.9 Å². The van der Waals surface area contributed by atoms with Gasteiger partial charge in [0.05, 0.1) is 18.4 Å². The molecule has 0 amide bonds. The zero-order valence-corrected chi connectivity index (χ0v) is 12.3. The third kappa shape index (κ3) is 7.00. The molecule has 1 aliphatic heterocycles. The zero-order valence-electron chi connectivity index (χ0n) is 10.7. The molecule has 21 heavy (non-hydrogen) atoms. The number of nitrogens with two attached hydrogens (primary N) is 2. The number of nitro groups is 1. The van der Waals surface area contributed by atoms with Crippen LogP contribution in [0.1, 0.15) is 6.42 Å². The number of guanidine groups is 1. The maximum Gasteiger partial charge on any atom is 0.391 e. The van der Waals surface area contributed by atoms with E-state index in [4.69, 9.17) is 16.7 Å². The minimum absolute atomic E-state index is 0.159. The highest BCUT2D eigenvalue weighted by Gasteiger charge is 2.20. The summed E-state index contributed by atoms with van der Waals surface area (Å²) < 4.78 is 0. The van der Waals surface area contributed by atoms with Gasteiger partial charge in [0.1, 0.15) is 10.0 Å². The van der Waals surface area contributed by atoms with E-state index in [1.54, 1.807) is 6.08 Å². The van der Waals surface area contributed by atoms with Crippen LogP contribution >= 0.6 is 15.9 Å². The second kappa shape index (κ2) is 9.40. The number of rotatable bonds is 5. The van der Waals surface area contributed by atoms with Gasteiger partial charge in [-0.3, -0.25) is 0 Å². The molecule has 0 aromatic heterocycles. The monoisotopic (exact) mass is 369 g/mol. The van der Waals surface area contributed by atoms with Crippen molar-refractivity contribution in [3.8, 4) is 0 Å². The number of alkyl halides is 1. The smallest absolute Gasteiger partial charge is 0.381 e. The Balaban J connectivity index is 0.000000394. The minimum atomic E-state index is -0.748. The van der Waals surface area contributed by atoms with Gasteiger partial charge in [-0.15, -0.1) is 4.91 Å². The predicted molar refractivity (Wildman–Crippen MR) is 73.9 cm³/mol. The van der Waals surface area contributed by atoms with Gasteiger partial charge < -0.3 is 11.5 Å². The van der Waals surface area contributed by atoms with Gasteiger partial charge in [0.25, 0.3) is 5.96 Å². The molecule has 0 saturated carbocycles. The Morgan fingerprint density at radius 3 is 2.52 bits per heavy atom.